The summed E-state index contributed by atoms with van der Waals surface area (Å²) in [6, 6.07) is 0. The van der Waals surface area contributed by atoms with Crippen molar-refractivity contribution in [3.8, 4) is 0 Å². The molecular formula is C13H29O4PS2. The topological polar surface area (TPSA) is 44.8 Å². The molecule has 0 atom stereocenters. The first-order valence-corrected chi connectivity index (χ1v) is 11.0. The van der Waals surface area contributed by atoms with Crippen LogP contribution in [0.3, 0.4) is 0 Å². The van der Waals surface area contributed by atoms with Gasteiger partial charge in [0.05, 0.1) is 18.8 Å². The Morgan fingerprint density at radius 3 is 1.95 bits per heavy atom. The lowest BCUT2D eigenvalue weighted by Gasteiger charge is -2.21. The number of phosphoric ester groups is 1. The van der Waals surface area contributed by atoms with Crippen LogP contribution in [0.25, 0.3) is 0 Å². The Bertz CT molecular complexity index is 272. The lowest BCUT2D eigenvalue weighted by molar-refractivity contribution is 0.0716. The molecular weight excluding hydrogens is 315 g/mol. The third-order valence-corrected chi connectivity index (χ3v) is 6.71. The van der Waals surface area contributed by atoms with Gasteiger partial charge in [-0.25, -0.2) is 4.57 Å². The molecule has 0 aliphatic rings. The van der Waals surface area contributed by atoms with Crippen molar-refractivity contribution >= 4 is 29.4 Å². The molecule has 0 radical (unpaired) electrons. The minimum atomic E-state index is -3.41. The van der Waals surface area contributed by atoms with Crippen molar-refractivity contribution in [1.82, 2.24) is 0 Å². The van der Waals surface area contributed by atoms with E-state index < -0.39 is 7.82 Å². The van der Waals surface area contributed by atoms with Gasteiger partial charge in [0, 0.05) is 11.0 Å². The van der Waals surface area contributed by atoms with Gasteiger partial charge < -0.3 is 0 Å². The van der Waals surface area contributed by atoms with E-state index in [2.05, 4.69) is 13.8 Å². The molecule has 0 heterocycles. The molecule has 0 aromatic rings. The molecule has 122 valence electrons. The van der Waals surface area contributed by atoms with E-state index in [4.69, 9.17) is 13.6 Å². The summed E-state index contributed by atoms with van der Waals surface area (Å²) in [5.41, 5.74) is 0. The predicted octanol–water partition coefficient (Wildman–Crippen LogP) is 5.53. The van der Waals surface area contributed by atoms with E-state index >= 15 is 0 Å². The summed E-state index contributed by atoms with van der Waals surface area (Å²) in [6.45, 7) is 12.1. The van der Waals surface area contributed by atoms with Crippen molar-refractivity contribution in [2.75, 3.05) is 12.4 Å². The van der Waals surface area contributed by atoms with Crippen molar-refractivity contribution in [2.45, 2.75) is 71.8 Å². The van der Waals surface area contributed by atoms with Gasteiger partial charge in [-0.3, -0.25) is 13.6 Å². The fourth-order valence-electron chi connectivity index (χ4n) is 1.23. The fourth-order valence-corrected chi connectivity index (χ4v) is 4.93. The molecule has 0 bridgehead atoms. The molecule has 4 nitrogen and oxygen atoms in total. The van der Waals surface area contributed by atoms with Crippen LogP contribution in [0.2, 0.25) is 0 Å². The van der Waals surface area contributed by atoms with Crippen LogP contribution in [0, 0.1) is 0 Å². The lowest BCUT2D eigenvalue weighted by Crippen LogP contribution is -2.10. The Hall–Kier alpha value is 0.810. The molecule has 0 saturated carbocycles. The van der Waals surface area contributed by atoms with Crippen LogP contribution in [-0.2, 0) is 18.1 Å². The molecule has 0 aromatic carbocycles. The molecule has 0 aliphatic carbocycles. The SMILES string of the molecule is CC(C)OP(=O)(OCCCCSSC(C)C)OC(C)C. The minimum Gasteiger partial charge on any atom is -0.287 e. The molecule has 0 unspecified atom stereocenters. The summed E-state index contributed by atoms with van der Waals surface area (Å²) in [7, 11) is 0.339. The average Bonchev–Trinajstić information content (AvgIpc) is 2.24. The van der Waals surface area contributed by atoms with Gasteiger partial charge in [-0.15, -0.1) is 0 Å². The molecule has 20 heavy (non-hydrogen) atoms. The zero-order chi connectivity index (χ0) is 15.6. The second kappa shape index (κ2) is 11.4. The van der Waals surface area contributed by atoms with Crippen LogP contribution in [0.1, 0.15) is 54.4 Å². The van der Waals surface area contributed by atoms with E-state index in [1.165, 1.54) is 0 Å². The predicted molar refractivity (Wildman–Crippen MR) is 90.4 cm³/mol. The van der Waals surface area contributed by atoms with E-state index in [9.17, 15) is 4.57 Å². The highest BCUT2D eigenvalue weighted by Gasteiger charge is 2.29. The molecule has 0 rings (SSSR count). The first-order valence-electron chi connectivity index (χ1n) is 7.15. The molecule has 0 spiro atoms. The smallest absolute Gasteiger partial charge is 0.287 e. The van der Waals surface area contributed by atoms with Crippen LogP contribution in [-0.4, -0.2) is 29.8 Å². The van der Waals surface area contributed by atoms with Crippen molar-refractivity contribution < 1.29 is 18.1 Å². The molecule has 0 aliphatic heterocycles. The highest BCUT2D eigenvalue weighted by atomic mass is 33.1. The summed E-state index contributed by atoms with van der Waals surface area (Å²) < 4.78 is 28.3. The molecule has 0 aromatic heterocycles. The Kier molecular flexibility index (Phi) is 11.8. The number of rotatable bonds is 12. The largest absolute Gasteiger partial charge is 0.475 e. The maximum absolute atomic E-state index is 12.3. The Balaban J connectivity index is 3.88. The van der Waals surface area contributed by atoms with E-state index in [0.29, 0.717) is 11.9 Å². The quantitative estimate of drug-likeness (QED) is 0.263. The first-order chi connectivity index (χ1) is 9.25. The average molecular weight is 344 g/mol. The van der Waals surface area contributed by atoms with Gasteiger partial charge in [0.1, 0.15) is 0 Å². The van der Waals surface area contributed by atoms with E-state index in [1.807, 2.05) is 49.3 Å². The third-order valence-electron chi connectivity index (χ3n) is 1.81. The van der Waals surface area contributed by atoms with E-state index in [-0.39, 0.29) is 12.2 Å². The second-order valence-corrected chi connectivity index (χ2v) is 9.90. The van der Waals surface area contributed by atoms with Crippen LogP contribution in [0.4, 0.5) is 0 Å². The minimum absolute atomic E-state index is 0.183. The van der Waals surface area contributed by atoms with Gasteiger partial charge in [-0.1, -0.05) is 35.4 Å². The molecule has 0 saturated heterocycles. The zero-order valence-corrected chi connectivity index (χ0v) is 16.0. The van der Waals surface area contributed by atoms with Crippen LogP contribution in [0.5, 0.6) is 0 Å². The van der Waals surface area contributed by atoms with E-state index in [1.54, 1.807) is 0 Å². The lowest BCUT2D eigenvalue weighted by atomic mass is 10.4. The Morgan fingerprint density at radius 1 is 0.950 bits per heavy atom. The van der Waals surface area contributed by atoms with Crippen LogP contribution in [0.15, 0.2) is 0 Å². The van der Waals surface area contributed by atoms with Crippen molar-refractivity contribution in [2.24, 2.45) is 0 Å². The second-order valence-electron chi connectivity index (χ2n) is 5.26. The maximum Gasteiger partial charge on any atom is 0.475 e. The van der Waals surface area contributed by atoms with E-state index in [0.717, 1.165) is 18.6 Å². The highest BCUT2D eigenvalue weighted by molar-refractivity contribution is 8.76. The van der Waals surface area contributed by atoms with Gasteiger partial charge in [0.25, 0.3) is 0 Å². The number of phosphoric acid groups is 1. The van der Waals surface area contributed by atoms with Crippen molar-refractivity contribution in [3.05, 3.63) is 0 Å². The summed E-state index contributed by atoms with van der Waals surface area (Å²) in [4.78, 5) is 0. The van der Waals surface area contributed by atoms with Gasteiger partial charge in [0.2, 0.25) is 0 Å². The van der Waals surface area contributed by atoms with Crippen molar-refractivity contribution in [1.29, 1.82) is 0 Å². The number of unbranched alkanes of at least 4 members (excludes halogenated alkanes) is 1. The van der Waals surface area contributed by atoms with Crippen LogP contribution < -0.4 is 0 Å². The Labute approximate surface area is 132 Å². The van der Waals surface area contributed by atoms with Gasteiger partial charge in [-0.05, 0) is 40.5 Å². The standard InChI is InChI=1S/C13H29O4PS2/c1-11(2)16-18(14,17-12(3)4)15-9-7-8-10-19-20-13(5)6/h11-13H,7-10H2,1-6H3. The van der Waals surface area contributed by atoms with Gasteiger partial charge in [0.15, 0.2) is 0 Å². The first kappa shape index (κ1) is 20.8. The molecule has 0 N–H and O–H groups in total. The monoisotopic (exact) mass is 344 g/mol. The summed E-state index contributed by atoms with van der Waals surface area (Å²) in [6.07, 6.45) is 1.53. The number of hydrogen-bond acceptors (Lipinski definition) is 6. The van der Waals surface area contributed by atoms with Crippen molar-refractivity contribution in [3.63, 3.8) is 0 Å². The van der Waals surface area contributed by atoms with Gasteiger partial charge >= 0.3 is 7.82 Å². The summed E-state index contributed by atoms with van der Waals surface area (Å²) in [5.74, 6) is 1.08. The van der Waals surface area contributed by atoms with Crippen LogP contribution >= 0.6 is 29.4 Å². The zero-order valence-electron chi connectivity index (χ0n) is 13.5. The Morgan fingerprint density at radius 2 is 1.50 bits per heavy atom. The van der Waals surface area contributed by atoms with Gasteiger partial charge in [-0.2, -0.15) is 0 Å². The number of hydrogen-bond donors (Lipinski definition) is 0. The maximum atomic E-state index is 12.3. The molecule has 0 amide bonds. The summed E-state index contributed by atoms with van der Waals surface area (Å²) in [5, 5.41) is 0.648. The molecule has 7 heteroatoms. The molecule has 0 fully saturated rings. The highest BCUT2D eigenvalue weighted by Crippen LogP contribution is 2.51. The third kappa shape index (κ3) is 12.5. The normalized spacial score (nSPS) is 12.8. The fraction of sp³-hybridized carbons (Fsp3) is 1.00. The summed E-state index contributed by atoms with van der Waals surface area (Å²) >= 11 is 0.